The zero-order valence-corrected chi connectivity index (χ0v) is 12.0. The lowest BCUT2D eigenvalue weighted by Gasteiger charge is -2.34. The van der Waals surface area contributed by atoms with Gasteiger partial charge in [0.1, 0.15) is 5.75 Å². The standard InChI is InChI=1S/C16H23NO2/c1-11-5-4-6-13(9-11)17(3)16(19)15-8-7-14(18)10-12(15)2/h7-8,10-11,13,18H,4-6,9H2,1-3H3. The predicted octanol–water partition coefficient (Wildman–Crippen LogP) is 3.35. The molecule has 1 aliphatic rings. The van der Waals surface area contributed by atoms with Gasteiger partial charge < -0.3 is 10.0 Å². The van der Waals surface area contributed by atoms with Gasteiger partial charge in [0.05, 0.1) is 0 Å². The van der Waals surface area contributed by atoms with Crippen LogP contribution in [0.2, 0.25) is 0 Å². The molecule has 0 saturated heterocycles. The molecule has 104 valence electrons. The largest absolute Gasteiger partial charge is 0.508 e. The molecular weight excluding hydrogens is 238 g/mol. The second-order valence-electron chi connectivity index (χ2n) is 5.84. The minimum atomic E-state index is 0.0663. The van der Waals surface area contributed by atoms with E-state index in [1.54, 1.807) is 18.2 Å². The number of amides is 1. The van der Waals surface area contributed by atoms with Crippen LogP contribution in [0.25, 0.3) is 0 Å². The Morgan fingerprint density at radius 3 is 2.74 bits per heavy atom. The lowest BCUT2D eigenvalue weighted by molar-refractivity contribution is 0.0671. The van der Waals surface area contributed by atoms with E-state index in [0.29, 0.717) is 17.5 Å². The number of hydrogen-bond donors (Lipinski definition) is 1. The summed E-state index contributed by atoms with van der Waals surface area (Å²) in [6.07, 6.45) is 4.68. The maximum absolute atomic E-state index is 12.5. The topological polar surface area (TPSA) is 40.5 Å². The second kappa shape index (κ2) is 5.64. The van der Waals surface area contributed by atoms with Crippen LogP contribution in [-0.2, 0) is 0 Å². The Morgan fingerprint density at radius 2 is 2.11 bits per heavy atom. The fraction of sp³-hybridized carbons (Fsp3) is 0.562. The first-order valence-electron chi connectivity index (χ1n) is 7.06. The van der Waals surface area contributed by atoms with E-state index in [9.17, 15) is 9.90 Å². The van der Waals surface area contributed by atoms with Crippen LogP contribution in [0, 0.1) is 12.8 Å². The van der Waals surface area contributed by atoms with Gasteiger partial charge >= 0.3 is 0 Å². The van der Waals surface area contributed by atoms with E-state index < -0.39 is 0 Å². The van der Waals surface area contributed by atoms with E-state index in [1.807, 2.05) is 18.9 Å². The summed E-state index contributed by atoms with van der Waals surface area (Å²) < 4.78 is 0. The number of aryl methyl sites for hydroxylation is 1. The van der Waals surface area contributed by atoms with Crippen molar-refractivity contribution in [2.75, 3.05) is 7.05 Å². The summed E-state index contributed by atoms with van der Waals surface area (Å²) in [4.78, 5) is 14.4. The highest BCUT2D eigenvalue weighted by Gasteiger charge is 2.26. The number of rotatable bonds is 2. The smallest absolute Gasteiger partial charge is 0.254 e. The molecule has 2 rings (SSSR count). The first-order chi connectivity index (χ1) is 8.99. The summed E-state index contributed by atoms with van der Waals surface area (Å²) in [7, 11) is 1.90. The third-order valence-electron chi connectivity index (χ3n) is 4.22. The summed E-state index contributed by atoms with van der Waals surface area (Å²) in [5.74, 6) is 0.981. The normalized spacial score (nSPS) is 23.1. The highest BCUT2D eigenvalue weighted by atomic mass is 16.3. The number of carbonyl (C=O) groups is 1. The van der Waals surface area contributed by atoms with Gasteiger partial charge in [-0.1, -0.05) is 19.8 Å². The van der Waals surface area contributed by atoms with Crippen molar-refractivity contribution in [2.45, 2.75) is 45.6 Å². The van der Waals surface area contributed by atoms with Gasteiger partial charge in [-0.05, 0) is 49.4 Å². The van der Waals surface area contributed by atoms with Crippen LogP contribution in [-0.4, -0.2) is 29.0 Å². The minimum Gasteiger partial charge on any atom is -0.508 e. The molecule has 1 fully saturated rings. The Bertz CT molecular complexity index is 470. The molecule has 1 aliphatic carbocycles. The summed E-state index contributed by atoms with van der Waals surface area (Å²) >= 11 is 0. The van der Waals surface area contributed by atoms with Crippen molar-refractivity contribution < 1.29 is 9.90 Å². The Hall–Kier alpha value is -1.51. The van der Waals surface area contributed by atoms with Crippen molar-refractivity contribution in [1.82, 2.24) is 4.90 Å². The summed E-state index contributed by atoms with van der Waals surface area (Å²) in [5.41, 5.74) is 1.53. The summed E-state index contributed by atoms with van der Waals surface area (Å²) in [6, 6.07) is 5.29. The van der Waals surface area contributed by atoms with Crippen molar-refractivity contribution in [3.63, 3.8) is 0 Å². The second-order valence-corrected chi connectivity index (χ2v) is 5.84. The van der Waals surface area contributed by atoms with Crippen LogP contribution in [0.1, 0.15) is 48.5 Å². The average molecular weight is 261 g/mol. The fourth-order valence-electron chi connectivity index (χ4n) is 3.00. The molecule has 0 radical (unpaired) electrons. The Kier molecular flexibility index (Phi) is 4.13. The first kappa shape index (κ1) is 13.9. The predicted molar refractivity (Wildman–Crippen MR) is 76.4 cm³/mol. The molecule has 1 saturated carbocycles. The van der Waals surface area contributed by atoms with Crippen LogP contribution < -0.4 is 0 Å². The van der Waals surface area contributed by atoms with Crippen LogP contribution in [0.15, 0.2) is 18.2 Å². The zero-order valence-electron chi connectivity index (χ0n) is 12.0. The van der Waals surface area contributed by atoms with Gasteiger partial charge in [0, 0.05) is 18.7 Å². The van der Waals surface area contributed by atoms with E-state index in [-0.39, 0.29) is 11.7 Å². The SMILES string of the molecule is Cc1cc(O)ccc1C(=O)N(C)C1CCCC(C)C1. The molecule has 0 aliphatic heterocycles. The van der Waals surface area contributed by atoms with Crippen LogP contribution in [0.3, 0.4) is 0 Å². The molecule has 2 atom stereocenters. The number of phenols is 1. The maximum atomic E-state index is 12.5. The van der Waals surface area contributed by atoms with Gasteiger partial charge in [-0.3, -0.25) is 4.79 Å². The molecule has 1 aromatic rings. The molecule has 1 N–H and O–H groups in total. The Labute approximate surface area is 115 Å². The Balaban J connectivity index is 2.14. The van der Waals surface area contributed by atoms with Crippen molar-refractivity contribution in [3.8, 4) is 5.75 Å². The number of phenolic OH excluding ortho intramolecular Hbond substituents is 1. The van der Waals surface area contributed by atoms with Crippen molar-refractivity contribution in [3.05, 3.63) is 29.3 Å². The fourth-order valence-corrected chi connectivity index (χ4v) is 3.00. The zero-order chi connectivity index (χ0) is 14.0. The molecule has 19 heavy (non-hydrogen) atoms. The van der Waals surface area contributed by atoms with E-state index >= 15 is 0 Å². The van der Waals surface area contributed by atoms with E-state index in [4.69, 9.17) is 0 Å². The first-order valence-corrected chi connectivity index (χ1v) is 7.06. The molecule has 2 unspecified atom stereocenters. The summed E-state index contributed by atoms with van der Waals surface area (Å²) in [6.45, 7) is 4.13. The van der Waals surface area contributed by atoms with E-state index in [1.165, 1.54) is 12.8 Å². The van der Waals surface area contributed by atoms with Crippen molar-refractivity contribution in [1.29, 1.82) is 0 Å². The number of aromatic hydroxyl groups is 1. The molecule has 3 heteroatoms. The molecule has 0 spiro atoms. The van der Waals surface area contributed by atoms with Crippen LogP contribution >= 0.6 is 0 Å². The van der Waals surface area contributed by atoms with Gasteiger partial charge in [0.15, 0.2) is 0 Å². The van der Waals surface area contributed by atoms with Crippen LogP contribution in [0.5, 0.6) is 5.75 Å². The van der Waals surface area contributed by atoms with Crippen molar-refractivity contribution >= 4 is 5.91 Å². The Morgan fingerprint density at radius 1 is 1.37 bits per heavy atom. The third kappa shape index (κ3) is 3.09. The number of carbonyl (C=O) groups excluding carboxylic acids is 1. The van der Waals surface area contributed by atoms with Gasteiger partial charge in [0.25, 0.3) is 5.91 Å². The molecule has 0 aromatic heterocycles. The van der Waals surface area contributed by atoms with E-state index in [2.05, 4.69) is 6.92 Å². The lowest BCUT2D eigenvalue weighted by atomic mass is 9.86. The molecule has 1 aromatic carbocycles. The number of hydrogen-bond acceptors (Lipinski definition) is 2. The molecule has 3 nitrogen and oxygen atoms in total. The number of nitrogens with zero attached hydrogens (tertiary/aromatic N) is 1. The highest BCUT2D eigenvalue weighted by Crippen LogP contribution is 2.28. The van der Waals surface area contributed by atoms with Gasteiger partial charge in [0.2, 0.25) is 0 Å². The van der Waals surface area contributed by atoms with E-state index in [0.717, 1.165) is 18.4 Å². The van der Waals surface area contributed by atoms with Crippen LogP contribution in [0.4, 0.5) is 0 Å². The average Bonchev–Trinajstić information content (AvgIpc) is 2.37. The monoisotopic (exact) mass is 261 g/mol. The van der Waals surface area contributed by atoms with Gasteiger partial charge in [-0.25, -0.2) is 0 Å². The minimum absolute atomic E-state index is 0.0663. The van der Waals surface area contributed by atoms with Gasteiger partial charge in [-0.15, -0.1) is 0 Å². The summed E-state index contributed by atoms with van der Waals surface area (Å²) in [5, 5.41) is 9.42. The molecule has 1 amide bonds. The maximum Gasteiger partial charge on any atom is 0.254 e. The number of benzene rings is 1. The molecular formula is C16H23NO2. The van der Waals surface area contributed by atoms with Gasteiger partial charge in [-0.2, -0.15) is 0 Å². The third-order valence-corrected chi connectivity index (χ3v) is 4.22. The molecule has 0 bridgehead atoms. The highest BCUT2D eigenvalue weighted by molar-refractivity contribution is 5.95. The van der Waals surface area contributed by atoms with Crippen molar-refractivity contribution in [2.24, 2.45) is 5.92 Å². The lowest BCUT2D eigenvalue weighted by Crippen LogP contribution is -2.40. The molecule has 0 heterocycles. The quantitative estimate of drug-likeness (QED) is 0.887.